The molecule has 0 unspecified atom stereocenters. The smallest absolute Gasteiger partial charge is 0.347 e. The van der Waals surface area contributed by atoms with Crippen molar-refractivity contribution in [2.75, 3.05) is 11.9 Å². The Morgan fingerprint density at radius 1 is 0.943 bits per heavy atom. The predicted molar refractivity (Wildman–Crippen MR) is 130 cm³/mol. The van der Waals surface area contributed by atoms with Gasteiger partial charge in [0.15, 0.2) is 0 Å². The molecule has 3 amide bonds. The number of unbranched alkanes of at least 4 members (excludes halogenated alkanes) is 1. The average molecular weight is 467 g/mol. The van der Waals surface area contributed by atoms with Crippen LogP contribution in [0.15, 0.2) is 75.9 Å². The summed E-state index contributed by atoms with van der Waals surface area (Å²) in [6, 6.07) is 18.1. The predicted octanol–water partition coefficient (Wildman–Crippen LogP) is 4.50. The lowest BCUT2D eigenvalue weighted by molar-refractivity contribution is 0.0652. The van der Waals surface area contributed by atoms with Crippen LogP contribution >= 0.6 is 0 Å². The molecule has 0 radical (unpaired) electrons. The first-order chi connectivity index (χ1) is 17.0. The molecule has 0 bridgehead atoms. The fourth-order valence-corrected chi connectivity index (χ4v) is 3.99. The van der Waals surface area contributed by atoms with Crippen LogP contribution in [0.1, 0.15) is 50.8 Å². The van der Waals surface area contributed by atoms with Crippen LogP contribution in [0.5, 0.6) is 0 Å². The van der Waals surface area contributed by atoms with Gasteiger partial charge in [0, 0.05) is 23.4 Å². The Balaban J connectivity index is 1.34. The van der Waals surface area contributed by atoms with Gasteiger partial charge in [0.2, 0.25) is 5.89 Å². The minimum atomic E-state index is -0.471. The van der Waals surface area contributed by atoms with Gasteiger partial charge < -0.3 is 9.73 Å². The lowest BCUT2D eigenvalue weighted by Gasteiger charge is -2.12. The van der Waals surface area contributed by atoms with Crippen molar-refractivity contribution in [2.45, 2.75) is 19.8 Å². The van der Waals surface area contributed by atoms with Gasteiger partial charge in [-0.05, 0) is 61.0 Å². The minimum Gasteiger partial charge on any atom is -0.403 e. The van der Waals surface area contributed by atoms with Gasteiger partial charge >= 0.3 is 5.63 Å². The summed E-state index contributed by atoms with van der Waals surface area (Å²) in [5.74, 6) is -0.930. The number of imide groups is 1. The van der Waals surface area contributed by atoms with Gasteiger partial charge in [-0.15, -0.1) is 0 Å². The van der Waals surface area contributed by atoms with E-state index in [0.717, 1.165) is 12.8 Å². The van der Waals surface area contributed by atoms with Crippen molar-refractivity contribution in [1.29, 1.82) is 0 Å². The van der Waals surface area contributed by atoms with E-state index in [4.69, 9.17) is 4.42 Å². The van der Waals surface area contributed by atoms with Crippen molar-refractivity contribution < 1.29 is 18.8 Å². The number of hydrogen-bond donors (Lipinski definition) is 1. The quantitative estimate of drug-likeness (QED) is 0.418. The number of carbonyl (C=O) groups is 3. The number of hydrogen-bond acceptors (Lipinski definition) is 6. The van der Waals surface area contributed by atoms with Gasteiger partial charge in [-0.2, -0.15) is 0 Å². The molecule has 8 heteroatoms. The molecule has 35 heavy (non-hydrogen) atoms. The number of nitrogens with zero attached hydrogens (tertiary/aromatic N) is 2. The van der Waals surface area contributed by atoms with E-state index in [-0.39, 0.29) is 28.8 Å². The van der Waals surface area contributed by atoms with Crippen LogP contribution in [-0.4, -0.2) is 34.2 Å². The van der Waals surface area contributed by atoms with Crippen LogP contribution in [0.2, 0.25) is 0 Å². The Morgan fingerprint density at radius 2 is 1.69 bits per heavy atom. The molecule has 0 saturated heterocycles. The summed E-state index contributed by atoms with van der Waals surface area (Å²) in [6.07, 6.45) is 1.59. The standard InChI is InChI=1S/C27H21N3O5/c1-2-3-14-30-25(32)19-13-10-17(15-21(19)26(30)33)23(31)28-18-11-8-16(9-12-18)24-29-22-7-5-4-6-20(22)27(34)35-24/h4-13,15H,2-3,14H2,1H3,(H,28,31). The Bertz CT molecular complexity index is 1540. The number of benzene rings is 3. The van der Waals surface area contributed by atoms with Gasteiger partial charge in [0.25, 0.3) is 17.7 Å². The van der Waals surface area contributed by atoms with Gasteiger partial charge in [0.1, 0.15) is 0 Å². The van der Waals surface area contributed by atoms with Gasteiger partial charge in [-0.3, -0.25) is 19.3 Å². The first-order valence-electron chi connectivity index (χ1n) is 11.3. The number of para-hydroxylation sites is 1. The summed E-state index contributed by atoms with van der Waals surface area (Å²) >= 11 is 0. The normalized spacial score (nSPS) is 12.8. The second kappa shape index (κ2) is 8.98. The zero-order valence-electron chi connectivity index (χ0n) is 18.9. The molecule has 0 atom stereocenters. The second-order valence-electron chi connectivity index (χ2n) is 8.23. The third-order valence-electron chi connectivity index (χ3n) is 5.89. The molecule has 3 aromatic carbocycles. The van der Waals surface area contributed by atoms with Crippen molar-refractivity contribution >= 4 is 34.3 Å². The van der Waals surface area contributed by atoms with E-state index in [9.17, 15) is 19.2 Å². The minimum absolute atomic E-state index is 0.181. The maximum absolute atomic E-state index is 12.8. The van der Waals surface area contributed by atoms with Crippen LogP contribution in [-0.2, 0) is 0 Å². The molecule has 0 saturated carbocycles. The average Bonchev–Trinajstić information content (AvgIpc) is 3.11. The molecule has 174 valence electrons. The number of carbonyl (C=O) groups excluding carboxylic acids is 3. The molecule has 5 rings (SSSR count). The van der Waals surface area contributed by atoms with Crippen molar-refractivity contribution in [2.24, 2.45) is 0 Å². The highest BCUT2D eigenvalue weighted by Crippen LogP contribution is 2.25. The third kappa shape index (κ3) is 4.10. The van der Waals surface area contributed by atoms with E-state index >= 15 is 0 Å². The molecule has 2 heterocycles. The zero-order chi connectivity index (χ0) is 24.5. The van der Waals surface area contributed by atoms with E-state index in [2.05, 4.69) is 10.3 Å². The van der Waals surface area contributed by atoms with Crippen LogP contribution in [0.3, 0.4) is 0 Å². The summed E-state index contributed by atoms with van der Waals surface area (Å²) in [4.78, 5) is 55.8. The zero-order valence-corrected chi connectivity index (χ0v) is 18.9. The van der Waals surface area contributed by atoms with E-state index in [1.54, 1.807) is 48.5 Å². The maximum Gasteiger partial charge on any atom is 0.347 e. The number of amides is 3. The number of aromatic nitrogens is 1. The molecule has 1 aliphatic rings. The lowest BCUT2D eigenvalue weighted by Crippen LogP contribution is -2.30. The Morgan fingerprint density at radius 3 is 2.46 bits per heavy atom. The second-order valence-corrected chi connectivity index (χ2v) is 8.23. The highest BCUT2D eigenvalue weighted by molar-refractivity contribution is 6.22. The molecule has 1 N–H and O–H groups in total. The van der Waals surface area contributed by atoms with E-state index in [0.29, 0.717) is 34.3 Å². The topological polar surface area (TPSA) is 110 Å². The van der Waals surface area contributed by atoms with Gasteiger partial charge in [0.05, 0.1) is 22.0 Å². The summed E-state index contributed by atoms with van der Waals surface area (Å²) < 4.78 is 5.34. The van der Waals surface area contributed by atoms with Crippen molar-refractivity contribution in [3.8, 4) is 11.5 Å². The molecule has 0 spiro atoms. The number of fused-ring (bicyclic) bond motifs is 2. The molecule has 1 aromatic heterocycles. The van der Waals surface area contributed by atoms with Crippen LogP contribution in [0.25, 0.3) is 22.4 Å². The molecule has 8 nitrogen and oxygen atoms in total. The fourth-order valence-electron chi connectivity index (χ4n) is 3.99. The Hall–Kier alpha value is -4.59. The first kappa shape index (κ1) is 22.2. The summed E-state index contributed by atoms with van der Waals surface area (Å²) in [5.41, 5.74) is 1.99. The third-order valence-corrected chi connectivity index (χ3v) is 5.89. The molecule has 0 fully saturated rings. The Kier molecular flexibility index (Phi) is 5.70. The lowest BCUT2D eigenvalue weighted by atomic mass is 10.1. The fraction of sp³-hybridized carbons (Fsp3) is 0.148. The molecule has 1 aliphatic heterocycles. The number of anilines is 1. The Labute approximate surface area is 200 Å². The molecule has 4 aromatic rings. The highest BCUT2D eigenvalue weighted by Gasteiger charge is 2.35. The van der Waals surface area contributed by atoms with E-state index in [1.807, 2.05) is 6.92 Å². The SMILES string of the molecule is CCCCN1C(=O)c2ccc(C(=O)Nc3ccc(-c4nc5ccccc5c(=O)o4)cc3)cc2C1=O. The van der Waals surface area contributed by atoms with E-state index in [1.165, 1.54) is 23.1 Å². The van der Waals surface area contributed by atoms with Crippen molar-refractivity contribution in [3.63, 3.8) is 0 Å². The van der Waals surface area contributed by atoms with Gasteiger partial charge in [-0.1, -0.05) is 25.5 Å². The largest absolute Gasteiger partial charge is 0.403 e. The van der Waals surface area contributed by atoms with Crippen LogP contribution in [0.4, 0.5) is 5.69 Å². The monoisotopic (exact) mass is 467 g/mol. The summed E-state index contributed by atoms with van der Waals surface area (Å²) in [7, 11) is 0. The summed E-state index contributed by atoms with van der Waals surface area (Å²) in [5, 5.41) is 3.18. The summed E-state index contributed by atoms with van der Waals surface area (Å²) in [6.45, 7) is 2.35. The highest BCUT2D eigenvalue weighted by atomic mass is 16.4. The van der Waals surface area contributed by atoms with Crippen LogP contribution in [0, 0.1) is 0 Å². The molecular formula is C27H21N3O5. The molecular weight excluding hydrogens is 446 g/mol. The van der Waals surface area contributed by atoms with Crippen LogP contribution < -0.4 is 10.9 Å². The van der Waals surface area contributed by atoms with Crippen molar-refractivity contribution in [3.05, 3.63) is 93.8 Å². The first-order valence-corrected chi connectivity index (χ1v) is 11.3. The van der Waals surface area contributed by atoms with E-state index < -0.39 is 11.5 Å². The maximum atomic E-state index is 12.8. The number of nitrogens with one attached hydrogen (secondary N) is 1. The number of rotatable bonds is 6. The molecule has 0 aliphatic carbocycles. The van der Waals surface area contributed by atoms with Crippen molar-refractivity contribution in [1.82, 2.24) is 9.88 Å². The van der Waals surface area contributed by atoms with Gasteiger partial charge in [-0.25, -0.2) is 9.78 Å².